The lowest BCUT2D eigenvalue weighted by molar-refractivity contribution is -0.123. The van der Waals surface area contributed by atoms with Crippen LogP contribution in [0.1, 0.15) is 0 Å². The highest BCUT2D eigenvalue weighted by Gasteiger charge is 2.07. The number of nitrogens with one attached hydrogen (secondary N) is 1. The lowest BCUT2D eigenvalue weighted by Gasteiger charge is -2.10. The zero-order valence-corrected chi connectivity index (χ0v) is 16.8. The predicted molar refractivity (Wildman–Crippen MR) is 112 cm³/mol. The molecule has 0 aliphatic heterocycles. The molecular formula is C22H23N3O5. The van der Waals surface area contributed by atoms with Gasteiger partial charge in [-0.05, 0) is 30.3 Å². The topological polar surface area (TPSA) is 91.7 Å². The maximum Gasteiger partial charge on any atom is 0.266 e. The summed E-state index contributed by atoms with van der Waals surface area (Å²) < 4.78 is 17.1. The maximum absolute atomic E-state index is 12.1. The lowest BCUT2D eigenvalue weighted by Crippen LogP contribution is -2.34. The van der Waals surface area contributed by atoms with Crippen LogP contribution in [-0.4, -0.2) is 43.1 Å². The van der Waals surface area contributed by atoms with Crippen LogP contribution < -0.4 is 25.1 Å². The van der Waals surface area contributed by atoms with Gasteiger partial charge in [0.1, 0.15) is 17.2 Å². The number of methoxy groups -OCH3 is 2. The van der Waals surface area contributed by atoms with Crippen molar-refractivity contribution in [3.05, 3.63) is 71.0 Å². The van der Waals surface area contributed by atoms with E-state index in [1.807, 2.05) is 24.3 Å². The molecule has 3 rings (SSSR count). The van der Waals surface area contributed by atoms with E-state index in [0.717, 1.165) is 5.56 Å². The quantitative estimate of drug-likeness (QED) is 0.582. The zero-order chi connectivity index (χ0) is 21.3. The Morgan fingerprint density at radius 3 is 2.43 bits per heavy atom. The Bertz CT molecular complexity index is 1060. The molecule has 8 nitrogen and oxygen atoms in total. The van der Waals surface area contributed by atoms with Gasteiger partial charge in [0.2, 0.25) is 0 Å². The highest BCUT2D eigenvalue weighted by Crippen LogP contribution is 2.21. The van der Waals surface area contributed by atoms with Crippen LogP contribution in [0.25, 0.3) is 11.3 Å². The van der Waals surface area contributed by atoms with Crippen molar-refractivity contribution in [2.75, 3.05) is 27.4 Å². The molecule has 0 spiro atoms. The molecule has 30 heavy (non-hydrogen) atoms. The average Bonchev–Trinajstić information content (AvgIpc) is 2.79. The Morgan fingerprint density at radius 2 is 1.67 bits per heavy atom. The van der Waals surface area contributed by atoms with Gasteiger partial charge in [-0.1, -0.05) is 18.2 Å². The minimum Gasteiger partial charge on any atom is -0.497 e. The van der Waals surface area contributed by atoms with E-state index in [2.05, 4.69) is 10.4 Å². The van der Waals surface area contributed by atoms with Crippen LogP contribution in [0, 0.1) is 0 Å². The van der Waals surface area contributed by atoms with Gasteiger partial charge in [-0.25, -0.2) is 4.68 Å². The summed E-state index contributed by atoms with van der Waals surface area (Å²) in [6.07, 6.45) is 0. The molecule has 1 heterocycles. The Labute approximate surface area is 174 Å². The fourth-order valence-corrected chi connectivity index (χ4v) is 2.74. The number of hydrogen-bond acceptors (Lipinski definition) is 6. The van der Waals surface area contributed by atoms with Crippen molar-refractivity contribution >= 4 is 5.91 Å². The molecule has 0 saturated carbocycles. The van der Waals surface area contributed by atoms with Gasteiger partial charge < -0.3 is 19.5 Å². The molecule has 0 saturated heterocycles. The van der Waals surface area contributed by atoms with E-state index in [0.29, 0.717) is 22.9 Å². The first-order chi connectivity index (χ1) is 14.6. The lowest BCUT2D eigenvalue weighted by atomic mass is 10.1. The minimum absolute atomic E-state index is 0.140. The largest absolute Gasteiger partial charge is 0.497 e. The van der Waals surface area contributed by atoms with E-state index in [1.165, 1.54) is 10.7 Å². The molecule has 0 aliphatic carbocycles. The van der Waals surface area contributed by atoms with E-state index in [9.17, 15) is 9.59 Å². The summed E-state index contributed by atoms with van der Waals surface area (Å²) in [5, 5.41) is 7.10. The van der Waals surface area contributed by atoms with E-state index in [1.54, 1.807) is 44.6 Å². The standard InChI is InChI=1S/C22H23N3O5/c1-28-17-6-3-5-16(13-17)20-9-10-22(27)25(24-20)12-11-23-21(26)15-30-19-8-4-7-18(14-19)29-2/h3-10,13-14H,11-12,15H2,1-2H3,(H,23,26). The van der Waals surface area contributed by atoms with Crippen molar-refractivity contribution in [2.45, 2.75) is 6.54 Å². The van der Waals surface area contributed by atoms with E-state index >= 15 is 0 Å². The van der Waals surface area contributed by atoms with Gasteiger partial charge in [0.05, 0.1) is 26.5 Å². The fourth-order valence-electron chi connectivity index (χ4n) is 2.74. The van der Waals surface area contributed by atoms with Crippen LogP contribution in [0.4, 0.5) is 0 Å². The van der Waals surface area contributed by atoms with Crippen LogP contribution in [0.15, 0.2) is 65.5 Å². The van der Waals surface area contributed by atoms with Crippen molar-refractivity contribution in [3.63, 3.8) is 0 Å². The van der Waals surface area contributed by atoms with Crippen molar-refractivity contribution in [1.82, 2.24) is 15.1 Å². The maximum atomic E-state index is 12.1. The molecule has 0 bridgehead atoms. The van der Waals surface area contributed by atoms with Gasteiger partial charge in [-0.15, -0.1) is 0 Å². The van der Waals surface area contributed by atoms with E-state index < -0.39 is 0 Å². The normalized spacial score (nSPS) is 10.3. The molecule has 1 N–H and O–H groups in total. The molecule has 2 aromatic carbocycles. The molecule has 0 aliphatic rings. The Balaban J connectivity index is 1.55. The molecule has 0 radical (unpaired) electrons. The number of benzene rings is 2. The summed E-state index contributed by atoms with van der Waals surface area (Å²) in [7, 11) is 3.15. The number of rotatable bonds is 9. The second-order valence-corrected chi connectivity index (χ2v) is 6.33. The third-order valence-electron chi connectivity index (χ3n) is 4.29. The van der Waals surface area contributed by atoms with Gasteiger partial charge in [0.25, 0.3) is 11.5 Å². The van der Waals surface area contributed by atoms with Crippen molar-refractivity contribution in [2.24, 2.45) is 0 Å². The van der Waals surface area contributed by atoms with Crippen molar-refractivity contribution < 1.29 is 19.0 Å². The summed E-state index contributed by atoms with van der Waals surface area (Å²) in [4.78, 5) is 24.1. The third kappa shape index (κ3) is 5.60. The Hall–Kier alpha value is -3.81. The highest BCUT2D eigenvalue weighted by atomic mass is 16.5. The van der Waals surface area contributed by atoms with Gasteiger partial charge in [-0.3, -0.25) is 9.59 Å². The summed E-state index contributed by atoms with van der Waals surface area (Å²) in [5.74, 6) is 1.59. The molecule has 8 heteroatoms. The number of amides is 1. The Morgan fingerprint density at radius 1 is 0.967 bits per heavy atom. The van der Waals surface area contributed by atoms with Gasteiger partial charge in [-0.2, -0.15) is 5.10 Å². The summed E-state index contributed by atoms with van der Waals surface area (Å²) in [6, 6.07) is 17.5. The van der Waals surface area contributed by atoms with Crippen LogP contribution in [0.2, 0.25) is 0 Å². The second-order valence-electron chi connectivity index (χ2n) is 6.33. The van der Waals surface area contributed by atoms with Crippen LogP contribution >= 0.6 is 0 Å². The summed E-state index contributed by atoms with van der Waals surface area (Å²) in [5.41, 5.74) is 1.23. The monoisotopic (exact) mass is 409 g/mol. The highest BCUT2D eigenvalue weighted by molar-refractivity contribution is 5.77. The minimum atomic E-state index is -0.296. The molecular weight excluding hydrogens is 386 g/mol. The summed E-state index contributed by atoms with van der Waals surface area (Å²) >= 11 is 0. The molecule has 156 valence electrons. The number of carbonyl (C=O) groups excluding carboxylic acids is 1. The van der Waals surface area contributed by atoms with Crippen LogP contribution in [-0.2, 0) is 11.3 Å². The third-order valence-corrected chi connectivity index (χ3v) is 4.29. The first kappa shape index (κ1) is 20.9. The first-order valence-corrected chi connectivity index (χ1v) is 9.35. The number of carbonyl (C=O) groups is 1. The van der Waals surface area contributed by atoms with Crippen molar-refractivity contribution in [3.8, 4) is 28.5 Å². The molecule has 0 unspecified atom stereocenters. The Kier molecular flexibility index (Phi) is 7.05. The first-order valence-electron chi connectivity index (χ1n) is 9.35. The number of nitrogens with zero attached hydrogens (tertiary/aromatic N) is 2. The molecule has 0 fully saturated rings. The molecule has 1 aromatic heterocycles. The van der Waals surface area contributed by atoms with E-state index in [-0.39, 0.29) is 31.2 Å². The summed E-state index contributed by atoms with van der Waals surface area (Å²) in [6.45, 7) is 0.343. The van der Waals surface area contributed by atoms with Crippen molar-refractivity contribution in [1.29, 1.82) is 0 Å². The molecule has 1 amide bonds. The average molecular weight is 409 g/mol. The van der Waals surface area contributed by atoms with Gasteiger partial charge in [0.15, 0.2) is 6.61 Å². The number of hydrogen-bond donors (Lipinski definition) is 1. The predicted octanol–water partition coefficient (Wildman–Crippen LogP) is 2.12. The number of ether oxygens (including phenoxy) is 3. The van der Waals surface area contributed by atoms with Crippen LogP contribution in [0.5, 0.6) is 17.2 Å². The zero-order valence-electron chi connectivity index (χ0n) is 16.8. The van der Waals surface area contributed by atoms with Gasteiger partial charge in [0, 0.05) is 24.2 Å². The smallest absolute Gasteiger partial charge is 0.266 e. The SMILES string of the molecule is COc1cccc(OCC(=O)NCCn2nc(-c3cccc(OC)c3)ccc2=O)c1. The van der Waals surface area contributed by atoms with E-state index in [4.69, 9.17) is 14.2 Å². The fraction of sp³-hybridized carbons (Fsp3) is 0.227. The van der Waals surface area contributed by atoms with Gasteiger partial charge >= 0.3 is 0 Å². The van der Waals surface area contributed by atoms with Crippen LogP contribution in [0.3, 0.4) is 0 Å². The second kappa shape index (κ2) is 10.1. The number of aromatic nitrogens is 2. The molecule has 3 aromatic rings. The molecule has 0 atom stereocenters.